The Bertz CT molecular complexity index is 245. The molecule has 2 bridgehead atoms. The van der Waals surface area contributed by atoms with Crippen LogP contribution < -0.4 is 0 Å². The van der Waals surface area contributed by atoms with Crippen molar-refractivity contribution in [3.63, 3.8) is 0 Å². The lowest BCUT2D eigenvalue weighted by Gasteiger charge is -2.28. The summed E-state index contributed by atoms with van der Waals surface area (Å²) < 4.78 is 0. The molecule has 2 aliphatic rings. The first-order valence-corrected chi connectivity index (χ1v) is 5.81. The smallest absolute Gasteiger partial charge is 0.167 e. The predicted octanol–water partition coefficient (Wildman–Crippen LogP) is 2.15. The first kappa shape index (κ1) is 10.2. The third kappa shape index (κ3) is 1.50. The van der Waals surface area contributed by atoms with E-state index in [0.29, 0.717) is 12.3 Å². The highest BCUT2D eigenvalue weighted by molar-refractivity contribution is 5.89. The largest absolute Gasteiger partial charge is 0.382 e. The molecule has 0 aromatic rings. The molecule has 14 heavy (non-hydrogen) atoms. The van der Waals surface area contributed by atoms with Crippen LogP contribution in [0.1, 0.15) is 46.0 Å². The minimum absolute atomic E-state index is 0.104. The number of aliphatic hydroxyl groups is 1. The first-order valence-electron chi connectivity index (χ1n) is 5.81. The summed E-state index contributed by atoms with van der Waals surface area (Å²) in [7, 11) is 0. The van der Waals surface area contributed by atoms with Crippen LogP contribution in [0, 0.1) is 17.8 Å². The fourth-order valence-corrected chi connectivity index (χ4v) is 3.14. The van der Waals surface area contributed by atoms with Crippen LogP contribution >= 0.6 is 0 Å². The summed E-state index contributed by atoms with van der Waals surface area (Å²) in [5.41, 5.74) is -1.07. The Labute approximate surface area is 85.7 Å². The maximum atomic E-state index is 12.0. The van der Waals surface area contributed by atoms with Crippen molar-refractivity contribution in [3.05, 3.63) is 0 Å². The Balaban J connectivity index is 2.06. The zero-order valence-electron chi connectivity index (χ0n) is 9.12. The van der Waals surface area contributed by atoms with E-state index in [-0.39, 0.29) is 11.7 Å². The van der Waals surface area contributed by atoms with E-state index in [0.717, 1.165) is 12.3 Å². The van der Waals surface area contributed by atoms with Crippen LogP contribution in [0.2, 0.25) is 0 Å². The highest BCUT2D eigenvalue weighted by atomic mass is 16.3. The molecule has 80 valence electrons. The Kier molecular flexibility index (Phi) is 2.42. The topological polar surface area (TPSA) is 37.3 Å². The number of rotatable bonds is 3. The first-order chi connectivity index (χ1) is 6.54. The maximum absolute atomic E-state index is 12.0. The molecule has 0 radical (unpaired) electrons. The Morgan fingerprint density at radius 1 is 1.43 bits per heavy atom. The molecule has 2 heteroatoms. The maximum Gasteiger partial charge on any atom is 0.167 e. The number of carbonyl (C=O) groups is 1. The van der Waals surface area contributed by atoms with Crippen molar-refractivity contribution < 1.29 is 9.90 Å². The Morgan fingerprint density at radius 2 is 2.14 bits per heavy atom. The van der Waals surface area contributed by atoms with Gasteiger partial charge in [0.25, 0.3) is 0 Å². The number of carbonyl (C=O) groups excluding carboxylic acids is 1. The monoisotopic (exact) mass is 196 g/mol. The normalized spacial score (nSPS) is 39.8. The molecule has 0 heterocycles. The van der Waals surface area contributed by atoms with Gasteiger partial charge < -0.3 is 5.11 Å². The van der Waals surface area contributed by atoms with Crippen LogP contribution in [0.15, 0.2) is 0 Å². The van der Waals surface area contributed by atoms with Crippen molar-refractivity contribution >= 4 is 5.78 Å². The number of ketones is 1. The molecule has 0 aromatic heterocycles. The number of Topliss-reactive ketones (excluding diaryl/α,β-unsaturated/α-hetero) is 1. The van der Waals surface area contributed by atoms with E-state index in [4.69, 9.17) is 0 Å². The molecule has 4 unspecified atom stereocenters. The summed E-state index contributed by atoms with van der Waals surface area (Å²) >= 11 is 0. The fourth-order valence-electron chi connectivity index (χ4n) is 3.14. The lowest BCUT2D eigenvalue weighted by molar-refractivity contribution is -0.142. The quantitative estimate of drug-likeness (QED) is 0.751. The Morgan fingerprint density at radius 3 is 2.57 bits per heavy atom. The van der Waals surface area contributed by atoms with Crippen LogP contribution in [0.3, 0.4) is 0 Å². The summed E-state index contributed by atoms with van der Waals surface area (Å²) in [4.78, 5) is 12.0. The van der Waals surface area contributed by atoms with Crippen LogP contribution in [0.5, 0.6) is 0 Å². The zero-order valence-corrected chi connectivity index (χ0v) is 9.12. The highest BCUT2D eigenvalue weighted by Crippen LogP contribution is 2.49. The summed E-state index contributed by atoms with van der Waals surface area (Å²) in [6, 6.07) is 0. The van der Waals surface area contributed by atoms with Gasteiger partial charge in [-0.2, -0.15) is 0 Å². The van der Waals surface area contributed by atoms with Crippen molar-refractivity contribution in [1.29, 1.82) is 0 Å². The fraction of sp³-hybridized carbons (Fsp3) is 0.917. The molecular formula is C12H20O2. The molecule has 2 nitrogen and oxygen atoms in total. The third-order valence-electron chi connectivity index (χ3n) is 4.29. The minimum atomic E-state index is -1.07. The molecule has 2 rings (SSSR count). The molecule has 0 amide bonds. The van der Waals surface area contributed by atoms with Gasteiger partial charge >= 0.3 is 0 Å². The molecule has 0 aliphatic heterocycles. The van der Waals surface area contributed by atoms with Gasteiger partial charge in [-0.05, 0) is 44.4 Å². The summed E-state index contributed by atoms with van der Waals surface area (Å²) in [5, 5.41) is 9.93. The van der Waals surface area contributed by atoms with Crippen molar-refractivity contribution in [1.82, 2.24) is 0 Å². The van der Waals surface area contributed by atoms with E-state index >= 15 is 0 Å². The van der Waals surface area contributed by atoms with Crippen LogP contribution in [0.25, 0.3) is 0 Å². The molecule has 1 N–H and O–H groups in total. The van der Waals surface area contributed by atoms with Gasteiger partial charge in [-0.3, -0.25) is 4.79 Å². The van der Waals surface area contributed by atoms with Crippen molar-refractivity contribution in [3.8, 4) is 0 Å². The molecule has 0 saturated heterocycles. The highest BCUT2D eigenvalue weighted by Gasteiger charge is 2.47. The molecule has 0 aromatic carbocycles. The second kappa shape index (κ2) is 3.34. The van der Waals surface area contributed by atoms with E-state index in [9.17, 15) is 9.90 Å². The SMILES string of the molecule is CCC(C)(O)C(=O)C1CC2CCC1C2. The van der Waals surface area contributed by atoms with Gasteiger partial charge in [0.2, 0.25) is 0 Å². The summed E-state index contributed by atoms with van der Waals surface area (Å²) in [6.45, 7) is 3.55. The van der Waals surface area contributed by atoms with Gasteiger partial charge in [0, 0.05) is 5.92 Å². The molecular weight excluding hydrogens is 176 g/mol. The average molecular weight is 196 g/mol. The van der Waals surface area contributed by atoms with E-state index in [1.807, 2.05) is 6.92 Å². The van der Waals surface area contributed by atoms with Gasteiger partial charge in [-0.25, -0.2) is 0 Å². The van der Waals surface area contributed by atoms with Gasteiger partial charge in [0.1, 0.15) is 5.60 Å². The lowest BCUT2D eigenvalue weighted by atomic mass is 9.79. The van der Waals surface area contributed by atoms with E-state index < -0.39 is 5.60 Å². The van der Waals surface area contributed by atoms with Crippen LogP contribution in [-0.2, 0) is 4.79 Å². The van der Waals surface area contributed by atoms with Gasteiger partial charge in [-0.1, -0.05) is 13.3 Å². The second-order valence-corrected chi connectivity index (χ2v) is 5.27. The molecule has 2 aliphatic carbocycles. The van der Waals surface area contributed by atoms with Crippen molar-refractivity contribution in [2.24, 2.45) is 17.8 Å². The number of hydrogen-bond acceptors (Lipinski definition) is 2. The van der Waals surface area contributed by atoms with Gasteiger partial charge in [-0.15, -0.1) is 0 Å². The zero-order chi connectivity index (χ0) is 10.3. The molecule has 0 spiro atoms. The standard InChI is InChI=1S/C12H20O2/c1-3-12(2,14)11(13)10-7-8-4-5-9(10)6-8/h8-10,14H,3-7H2,1-2H3. The van der Waals surface area contributed by atoms with Crippen molar-refractivity contribution in [2.75, 3.05) is 0 Å². The third-order valence-corrected chi connectivity index (χ3v) is 4.29. The van der Waals surface area contributed by atoms with Crippen LogP contribution in [-0.4, -0.2) is 16.5 Å². The van der Waals surface area contributed by atoms with Gasteiger partial charge in [0.05, 0.1) is 0 Å². The minimum Gasteiger partial charge on any atom is -0.382 e. The summed E-state index contributed by atoms with van der Waals surface area (Å²) in [6.07, 6.45) is 5.33. The van der Waals surface area contributed by atoms with Crippen molar-refractivity contribution in [2.45, 2.75) is 51.6 Å². The number of fused-ring (bicyclic) bond motifs is 2. The number of hydrogen-bond donors (Lipinski definition) is 1. The Hall–Kier alpha value is -0.370. The van der Waals surface area contributed by atoms with E-state index in [1.54, 1.807) is 6.92 Å². The van der Waals surface area contributed by atoms with Gasteiger partial charge in [0.15, 0.2) is 5.78 Å². The average Bonchev–Trinajstić information content (AvgIpc) is 2.77. The van der Waals surface area contributed by atoms with E-state index in [1.165, 1.54) is 19.3 Å². The summed E-state index contributed by atoms with van der Waals surface area (Å²) in [5.74, 6) is 1.64. The molecule has 2 fully saturated rings. The lowest BCUT2D eigenvalue weighted by Crippen LogP contribution is -2.41. The van der Waals surface area contributed by atoms with E-state index in [2.05, 4.69) is 0 Å². The predicted molar refractivity (Wildman–Crippen MR) is 54.9 cm³/mol. The second-order valence-electron chi connectivity index (χ2n) is 5.27. The van der Waals surface area contributed by atoms with Crippen LogP contribution in [0.4, 0.5) is 0 Å². The molecule has 4 atom stereocenters. The molecule has 2 saturated carbocycles.